The van der Waals surface area contributed by atoms with E-state index in [1.54, 1.807) is 6.07 Å². The lowest BCUT2D eigenvalue weighted by atomic mass is 9.54. The van der Waals surface area contributed by atoms with Gasteiger partial charge in [-0.05, 0) is 61.4 Å². The van der Waals surface area contributed by atoms with Crippen molar-refractivity contribution >= 4 is 5.97 Å². The van der Waals surface area contributed by atoms with Crippen LogP contribution in [-0.4, -0.2) is 42.2 Å². The Balaban J connectivity index is 1.82. The van der Waals surface area contributed by atoms with Crippen molar-refractivity contribution in [2.45, 2.75) is 44.1 Å². The number of hydrogen-bond donors (Lipinski definition) is 1. The van der Waals surface area contributed by atoms with Gasteiger partial charge in [-0.25, -0.2) is 4.79 Å². The lowest BCUT2D eigenvalue weighted by Crippen LogP contribution is -2.55. The molecule has 0 aromatic heterocycles. The molecule has 3 atom stereocenters. The summed E-state index contributed by atoms with van der Waals surface area (Å²) in [6.07, 6.45) is 6.03. The first-order valence-corrected chi connectivity index (χ1v) is 9.63. The van der Waals surface area contributed by atoms with Crippen molar-refractivity contribution in [2.75, 3.05) is 20.2 Å². The van der Waals surface area contributed by atoms with Gasteiger partial charge in [-0.1, -0.05) is 17.7 Å². The Kier molecular flexibility index (Phi) is 3.39. The molecule has 1 aromatic carbocycles. The molecular weight excluding hydrogens is 326 g/mol. The fraction of sp³-hybridized carbons (Fsp3) is 0.500. The monoisotopic (exact) mass is 351 g/mol. The summed E-state index contributed by atoms with van der Waals surface area (Å²) in [5.74, 6) is 0.351. The highest BCUT2D eigenvalue weighted by atomic mass is 16.5. The van der Waals surface area contributed by atoms with Crippen molar-refractivity contribution in [3.05, 3.63) is 52.1 Å². The highest BCUT2D eigenvalue weighted by molar-refractivity contribution is 5.92. The zero-order valence-corrected chi connectivity index (χ0v) is 15.4. The number of benzene rings is 1. The molecule has 0 radical (unpaired) electrons. The van der Waals surface area contributed by atoms with E-state index in [0.717, 1.165) is 44.3 Å². The number of carbonyl (C=O) groups excluding carboxylic acids is 1. The quantitative estimate of drug-likeness (QED) is 0.624. The summed E-state index contributed by atoms with van der Waals surface area (Å²) >= 11 is 0. The van der Waals surface area contributed by atoms with E-state index in [2.05, 4.69) is 24.0 Å². The Morgan fingerprint density at radius 2 is 2.23 bits per heavy atom. The van der Waals surface area contributed by atoms with Crippen molar-refractivity contribution in [2.24, 2.45) is 5.92 Å². The highest BCUT2D eigenvalue weighted by Crippen LogP contribution is 2.60. The summed E-state index contributed by atoms with van der Waals surface area (Å²) in [4.78, 5) is 15.5. The average Bonchev–Trinajstić information content (AvgIpc) is 3.06. The van der Waals surface area contributed by atoms with Crippen molar-refractivity contribution < 1.29 is 14.6 Å². The number of rotatable bonds is 1. The first kappa shape index (κ1) is 16.1. The van der Waals surface area contributed by atoms with Gasteiger partial charge in [-0.3, -0.25) is 4.90 Å². The van der Waals surface area contributed by atoms with Crippen LogP contribution in [0.2, 0.25) is 0 Å². The molecule has 26 heavy (non-hydrogen) atoms. The second-order valence-corrected chi connectivity index (χ2v) is 8.08. The molecule has 1 N–H and O–H groups in total. The number of ether oxygens (including phenoxy) is 1. The molecule has 2 fully saturated rings. The Labute approximate surface area is 154 Å². The van der Waals surface area contributed by atoms with Crippen LogP contribution in [0.5, 0.6) is 5.75 Å². The summed E-state index contributed by atoms with van der Waals surface area (Å²) in [6.45, 7) is 4.07. The van der Waals surface area contributed by atoms with Gasteiger partial charge in [-0.2, -0.15) is 0 Å². The highest BCUT2D eigenvalue weighted by Gasteiger charge is 2.60. The summed E-state index contributed by atoms with van der Waals surface area (Å²) in [7, 11) is 1.50. The molecule has 0 saturated carbocycles. The largest absolute Gasteiger partial charge is 0.508 e. The predicted octanol–water partition coefficient (Wildman–Crippen LogP) is 3.10. The average molecular weight is 351 g/mol. The van der Waals surface area contributed by atoms with Gasteiger partial charge in [0.15, 0.2) is 0 Å². The third-order valence-corrected chi connectivity index (χ3v) is 7.30. The fourth-order valence-corrected chi connectivity index (χ4v) is 6.28. The Morgan fingerprint density at radius 1 is 1.38 bits per heavy atom. The van der Waals surface area contributed by atoms with E-state index < -0.39 is 0 Å². The fourth-order valence-electron chi connectivity index (χ4n) is 6.28. The van der Waals surface area contributed by atoms with Crippen LogP contribution in [0.3, 0.4) is 0 Å². The van der Waals surface area contributed by atoms with Gasteiger partial charge in [0.2, 0.25) is 0 Å². The summed E-state index contributed by atoms with van der Waals surface area (Å²) in [5.41, 5.74) is 5.98. The minimum atomic E-state index is -0.161. The number of aromatic hydroxyl groups is 1. The smallest absolute Gasteiger partial charge is 0.334 e. The first-order chi connectivity index (χ1) is 12.6. The molecular formula is C22H25NO3. The zero-order chi connectivity index (χ0) is 18.1. The Hall–Kier alpha value is -2.07. The van der Waals surface area contributed by atoms with Gasteiger partial charge < -0.3 is 9.84 Å². The number of methoxy groups -OCH3 is 1. The summed E-state index contributed by atoms with van der Waals surface area (Å²) in [5, 5.41) is 10.2. The number of nitrogens with zero attached hydrogens (tertiary/aromatic N) is 1. The minimum Gasteiger partial charge on any atom is -0.508 e. The third kappa shape index (κ3) is 1.86. The van der Waals surface area contributed by atoms with Crippen molar-refractivity contribution in [3.63, 3.8) is 0 Å². The lowest BCUT2D eigenvalue weighted by molar-refractivity contribution is -0.137. The standard InChI is InChI=1S/C22H25NO3/c1-3-13-12-23-9-8-22-17(7-5-14-4-6-15(24)10-18(14)22)20(21(25)26-2)16(13)11-19(22)23/h3-4,6,10,16,19,24H,5,7-9,11-12H2,1-2H3/b13-3-/t16?,19-,22+/m0/s1. The lowest BCUT2D eigenvalue weighted by Gasteiger charge is -2.53. The minimum absolute atomic E-state index is 0.133. The maximum absolute atomic E-state index is 12.9. The number of fused-ring (bicyclic) bond motifs is 2. The van der Waals surface area contributed by atoms with Crippen LogP contribution in [-0.2, 0) is 21.4 Å². The van der Waals surface area contributed by atoms with E-state index in [0.29, 0.717) is 11.8 Å². The number of phenolic OH excluding ortho intramolecular Hbond substituents is 1. The van der Waals surface area contributed by atoms with Crippen LogP contribution >= 0.6 is 0 Å². The topological polar surface area (TPSA) is 49.8 Å². The van der Waals surface area contributed by atoms with E-state index >= 15 is 0 Å². The molecule has 4 nitrogen and oxygen atoms in total. The number of allylic oxidation sites excluding steroid dienone is 1. The van der Waals surface area contributed by atoms with Crippen LogP contribution in [0.15, 0.2) is 41.0 Å². The SMILES string of the molecule is C/C=C1/CN2CC[C@]34C(=C(C(=O)OC)C1C[C@H]23)CCc1ccc(O)cc14. The molecule has 1 spiro atoms. The van der Waals surface area contributed by atoms with Crippen LogP contribution < -0.4 is 0 Å². The molecule has 4 aliphatic rings. The molecule has 2 heterocycles. The maximum atomic E-state index is 12.9. The van der Waals surface area contributed by atoms with E-state index in [1.807, 2.05) is 6.07 Å². The molecule has 2 aliphatic carbocycles. The molecule has 4 heteroatoms. The van der Waals surface area contributed by atoms with Crippen LogP contribution in [0.4, 0.5) is 0 Å². The van der Waals surface area contributed by atoms with Crippen molar-refractivity contribution in [1.82, 2.24) is 4.90 Å². The zero-order valence-electron chi connectivity index (χ0n) is 15.4. The molecule has 136 valence electrons. The van der Waals surface area contributed by atoms with E-state index in [4.69, 9.17) is 4.74 Å². The second-order valence-electron chi connectivity index (χ2n) is 8.08. The number of phenols is 1. The number of esters is 1. The van der Waals surface area contributed by atoms with Gasteiger partial charge in [-0.15, -0.1) is 0 Å². The van der Waals surface area contributed by atoms with E-state index in [9.17, 15) is 9.90 Å². The van der Waals surface area contributed by atoms with Crippen LogP contribution in [0, 0.1) is 5.92 Å². The van der Waals surface area contributed by atoms with Gasteiger partial charge in [0, 0.05) is 36.0 Å². The predicted molar refractivity (Wildman–Crippen MR) is 99.0 cm³/mol. The number of hydrogen-bond acceptors (Lipinski definition) is 4. The van der Waals surface area contributed by atoms with Crippen LogP contribution in [0.1, 0.15) is 37.3 Å². The molecule has 2 saturated heterocycles. The summed E-state index contributed by atoms with van der Waals surface area (Å²) < 4.78 is 5.25. The second kappa shape index (κ2) is 5.46. The van der Waals surface area contributed by atoms with Gasteiger partial charge in [0.05, 0.1) is 7.11 Å². The number of carbonyl (C=O) groups is 1. The van der Waals surface area contributed by atoms with Gasteiger partial charge >= 0.3 is 5.97 Å². The first-order valence-electron chi connectivity index (χ1n) is 9.63. The van der Waals surface area contributed by atoms with Gasteiger partial charge in [0.1, 0.15) is 5.75 Å². The van der Waals surface area contributed by atoms with Crippen molar-refractivity contribution in [1.29, 1.82) is 0 Å². The number of piperidine rings is 1. The molecule has 1 unspecified atom stereocenters. The van der Waals surface area contributed by atoms with E-state index in [1.165, 1.54) is 29.4 Å². The Morgan fingerprint density at radius 3 is 3.00 bits per heavy atom. The molecule has 0 amide bonds. The van der Waals surface area contributed by atoms with Crippen LogP contribution in [0.25, 0.3) is 0 Å². The summed E-state index contributed by atoms with van der Waals surface area (Å²) in [6, 6.07) is 6.24. The maximum Gasteiger partial charge on any atom is 0.334 e. The number of aryl methyl sites for hydroxylation is 1. The molecule has 1 aromatic rings. The molecule has 2 aliphatic heterocycles. The third-order valence-electron chi connectivity index (χ3n) is 7.30. The normalized spacial score (nSPS) is 33.8. The molecule has 2 bridgehead atoms. The Bertz CT molecular complexity index is 868. The van der Waals surface area contributed by atoms with Gasteiger partial charge in [0.25, 0.3) is 0 Å². The molecule has 5 rings (SSSR count). The van der Waals surface area contributed by atoms with E-state index in [-0.39, 0.29) is 17.3 Å². The van der Waals surface area contributed by atoms with Crippen molar-refractivity contribution in [3.8, 4) is 5.75 Å².